The Morgan fingerprint density at radius 3 is 2.92 bits per heavy atom. The molecule has 2 aliphatic rings. The number of aromatic nitrogens is 3. The molecule has 1 N–H and O–H groups in total. The minimum Gasteiger partial charge on any atom is -0.366 e. The maximum atomic E-state index is 14.4. The number of likely N-dealkylation sites (tertiary alicyclic amines) is 2. The number of carbonyl (C=O) groups is 1. The van der Waals surface area contributed by atoms with Gasteiger partial charge in [-0.05, 0) is 25.0 Å². The Kier molecular flexibility index (Phi) is 4.86. The lowest BCUT2D eigenvalue weighted by atomic mass is 10.0. The van der Waals surface area contributed by atoms with Crippen molar-refractivity contribution in [3.8, 4) is 0 Å². The van der Waals surface area contributed by atoms with E-state index in [2.05, 4.69) is 19.9 Å². The van der Waals surface area contributed by atoms with Crippen molar-refractivity contribution in [3.05, 3.63) is 24.2 Å². The van der Waals surface area contributed by atoms with E-state index < -0.39 is 12.3 Å². The molecule has 2 saturated heterocycles. The predicted octanol–water partition coefficient (Wildman–Crippen LogP) is 1.51. The van der Waals surface area contributed by atoms with E-state index in [1.807, 2.05) is 17.0 Å². The van der Waals surface area contributed by atoms with E-state index >= 15 is 0 Å². The van der Waals surface area contributed by atoms with Gasteiger partial charge in [0.25, 0.3) is 0 Å². The molecular formula is C18H24FN5O2. The smallest absolute Gasteiger partial charge is 0.219 e. The van der Waals surface area contributed by atoms with Crippen molar-refractivity contribution in [2.24, 2.45) is 0 Å². The molecule has 2 aromatic heterocycles. The van der Waals surface area contributed by atoms with Gasteiger partial charge < -0.3 is 14.6 Å². The minimum atomic E-state index is -0.997. The molecule has 0 radical (unpaired) electrons. The van der Waals surface area contributed by atoms with Crippen LogP contribution in [0.3, 0.4) is 0 Å². The van der Waals surface area contributed by atoms with E-state index in [1.165, 1.54) is 0 Å². The van der Waals surface area contributed by atoms with Gasteiger partial charge >= 0.3 is 0 Å². The third kappa shape index (κ3) is 3.57. The second-order valence-electron chi connectivity index (χ2n) is 7.11. The average Bonchev–Trinajstić information content (AvgIpc) is 3.23. The summed E-state index contributed by atoms with van der Waals surface area (Å²) >= 11 is 0. The quantitative estimate of drug-likeness (QED) is 0.894. The van der Waals surface area contributed by atoms with E-state index in [-0.39, 0.29) is 12.5 Å². The van der Waals surface area contributed by atoms with Crippen LogP contribution in [0.2, 0.25) is 0 Å². The fraction of sp³-hybridized carbons (Fsp3) is 0.611. The molecular weight excluding hydrogens is 337 g/mol. The first-order valence-corrected chi connectivity index (χ1v) is 9.15. The Bertz CT molecular complexity index is 741. The SMILES string of the molecule is CC(=O)N1CCC(N2C[C@@H](F)[C@@H](OCc3nc4ncccc4[nH]3)C2)CC1. The molecule has 140 valence electrons. The summed E-state index contributed by atoms with van der Waals surface area (Å²) in [5.41, 5.74) is 1.50. The average molecular weight is 361 g/mol. The highest BCUT2D eigenvalue weighted by molar-refractivity contribution is 5.73. The van der Waals surface area contributed by atoms with E-state index in [4.69, 9.17) is 4.74 Å². The van der Waals surface area contributed by atoms with Crippen LogP contribution in [0.25, 0.3) is 11.2 Å². The van der Waals surface area contributed by atoms with Crippen LogP contribution in [0.5, 0.6) is 0 Å². The summed E-state index contributed by atoms with van der Waals surface area (Å²) in [6, 6.07) is 4.07. The lowest BCUT2D eigenvalue weighted by molar-refractivity contribution is -0.130. The number of ether oxygens (including phenoxy) is 1. The molecule has 8 heteroatoms. The first-order valence-electron chi connectivity index (χ1n) is 9.15. The van der Waals surface area contributed by atoms with Crippen molar-refractivity contribution in [1.82, 2.24) is 24.8 Å². The van der Waals surface area contributed by atoms with Gasteiger partial charge in [0.15, 0.2) is 5.65 Å². The van der Waals surface area contributed by atoms with Crippen molar-refractivity contribution in [2.45, 2.75) is 44.7 Å². The number of nitrogens with one attached hydrogen (secondary N) is 1. The number of rotatable bonds is 4. The van der Waals surface area contributed by atoms with Crippen molar-refractivity contribution < 1.29 is 13.9 Å². The predicted molar refractivity (Wildman–Crippen MR) is 94.2 cm³/mol. The number of imidazole rings is 1. The van der Waals surface area contributed by atoms with Gasteiger partial charge in [0.2, 0.25) is 5.91 Å². The molecule has 0 bridgehead atoms. The van der Waals surface area contributed by atoms with Gasteiger partial charge in [0, 0.05) is 45.3 Å². The number of piperidine rings is 1. The largest absolute Gasteiger partial charge is 0.366 e. The van der Waals surface area contributed by atoms with E-state index in [0.29, 0.717) is 30.6 Å². The molecule has 2 fully saturated rings. The highest BCUT2D eigenvalue weighted by atomic mass is 19.1. The number of nitrogens with zero attached hydrogens (tertiary/aromatic N) is 4. The fourth-order valence-corrected chi connectivity index (χ4v) is 3.91. The Morgan fingerprint density at radius 2 is 2.19 bits per heavy atom. The third-order valence-electron chi connectivity index (χ3n) is 5.39. The van der Waals surface area contributed by atoms with Crippen LogP contribution in [-0.4, -0.2) is 75.2 Å². The molecule has 0 unspecified atom stereocenters. The van der Waals surface area contributed by atoms with E-state index in [0.717, 1.165) is 31.4 Å². The zero-order valence-corrected chi connectivity index (χ0v) is 14.9. The molecule has 1 amide bonds. The standard InChI is InChI=1S/C18H24FN5O2/c1-12(25)23-7-4-13(5-8-23)24-9-14(19)16(10-24)26-11-17-21-15-3-2-6-20-18(15)22-17/h2-3,6,13-14,16H,4-5,7-11H2,1H3,(H,20,21,22)/t14-,16+/m1/s1. The fourth-order valence-electron chi connectivity index (χ4n) is 3.91. The highest BCUT2D eigenvalue weighted by Crippen LogP contribution is 2.25. The number of carbonyl (C=O) groups excluding carboxylic acids is 1. The van der Waals surface area contributed by atoms with Crippen molar-refractivity contribution in [1.29, 1.82) is 0 Å². The van der Waals surface area contributed by atoms with Gasteiger partial charge in [0.1, 0.15) is 24.7 Å². The van der Waals surface area contributed by atoms with Crippen LogP contribution in [0.4, 0.5) is 4.39 Å². The minimum absolute atomic E-state index is 0.120. The third-order valence-corrected chi connectivity index (χ3v) is 5.39. The number of fused-ring (bicyclic) bond motifs is 1. The number of alkyl halides is 1. The van der Waals surface area contributed by atoms with Gasteiger partial charge in [-0.2, -0.15) is 0 Å². The van der Waals surface area contributed by atoms with E-state index in [1.54, 1.807) is 13.1 Å². The Labute approximate surface area is 151 Å². The maximum Gasteiger partial charge on any atom is 0.219 e. The monoisotopic (exact) mass is 361 g/mol. The number of pyridine rings is 1. The van der Waals surface area contributed by atoms with Crippen molar-refractivity contribution in [2.75, 3.05) is 26.2 Å². The molecule has 26 heavy (non-hydrogen) atoms. The number of aromatic amines is 1. The summed E-state index contributed by atoms with van der Waals surface area (Å²) < 4.78 is 20.2. The Balaban J connectivity index is 1.30. The molecule has 0 aromatic carbocycles. The van der Waals surface area contributed by atoms with Crippen LogP contribution in [0.15, 0.2) is 18.3 Å². The zero-order chi connectivity index (χ0) is 18.1. The first-order chi connectivity index (χ1) is 12.6. The molecule has 0 aliphatic carbocycles. The Morgan fingerprint density at radius 1 is 1.38 bits per heavy atom. The maximum absolute atomic E-state index is 14.4. The molecule has 4 heterocycles. The van der Waals surface area contributed by atoms with Crippen LogP contribution < -0.4 is 0 Å². The topological polar surface area (TPSA) is 74.3 Å². The summed E-state index contributed by atoms with van der Waals surface area (Å²) in [7, 11) is 0. The summed E-state index contributed by atoms with van der Waals surface area (Å²) in [5.74, 6) is 0.786. The molecule has 2 atom stereocenters. The van der Waals surface area contributed by atoms with Crippen molar-refractivity contribution in [3.63, 3.8) is 0 Å². The molecule has 2 aromatic rings. The van der Waals surface area contributed by atoms with Crippen molar-refractivity contribution >= 4 is 17.1 Å². The molecule has 0 spiro atoms. The number of hydrogen-bond donors (Lipinski definition) is 1. The molecule has 7 nitrogen and oxygen atoms in total. The summed E-state index contributed by atoms with van der Waals surface area (Å²) in [6.45, 7) is 4.35. The molecule has 2 aliphatic heterocycles. The highest BCUT2D eigenvalue weighted by Gasteiger charge is 2.38. The first kappa shape index (κ1) is 17.4. The summed E-state index contributed by atoms with van der Waals surface area (Å²) in [4.78, 5) is 27.2. The van der Waals surface area contributed by atoms with E-state index in [9.17, 15) is 9.18 Å². The van der Waals surface area contributed by atoms with Gasteiger partial charge in [-0.15, -0.1) is 0 Å². The number of halogens is 1. The van der Waals surface area contributed by atoms with Gasteiger partial charge in [-0.3, -0.25) is 9.69 Å². The van der Waals surface area contributed by atoms with Gasteiger partial charge in [-0.25, -0.2) is 14.4 Å². The Hall–Kier alpha value is -2.06. The van der Waals surface area contributed by atoms with Crippen LogP contribution in [0.1, 0.15) is 25.6 Å². The summed E-state index contributed by atoms with van der Waals surface area (Å²) in [6.07, 6.45) is 2.05. The molecule has 0 saturated carbocycles. The van der Waals surface area contributed by atoms with Crippen LogP contribution >= 0.6 is 0 Å². The number of amides is 1. The lowest BCUT2D eigenvalue weighted by Gasteiger charge is -2.36. The zero-order valence-electron chi connectivity index (χ0n) is 14.9. The normalized spacial score (nSPS) is 25.2. The second kappa shape index (κ2) is 7.28. The lowest BCUT2D eigenvalue weighted by Crippen LogP contribution is -2.45. The number of H-pyrrole nitrogens is 1. The van der Waals surface area contributed by atoms with Crippen LogP contribution in [0, 0.1) is 0 Å². The molecule has 4 rings (SSSR count). The number of hydrogen-bond acceptors (Lipinski definition) is 5. The van der Waals surface area contributed by atoms with Crippen LogP contribution in [-0.2, 0) is 16.1 Å². The second-order valence-corrected chi connectivity index (χ2v) is 7.11. The summed E-state index contributed by atoms with van der Waals surface area (Å²) in [5, 5.41) is 0. The van der Waals surface area contributed by atoms with Gasteiger partial charge in [0.05, 0.1) is 5.52 Å². The van der Waals surface area contributed by atoms with Gasteiger partial charge in [-0.1, -0.05) is 0 Å².